The molecule has 0 amide bonds. The fraction of sp³-hybridized carbons (Fsp3) is 0.474. The first kappa shape index (κ1) is 24.2. The van der Waals surface area contributed by atoms with Crippen LogP contribution < -0.4 is 15.4 Å². The van der Waals surface area contributed by atoms with Gasteiger partial charge in [0.25, 0.3) is 0 Å². The second-order valence-corrected chi connectivity index (χ2v) is 6.63. The number of aliphatic imine (C=N–C) groups is 1. The molecule has 0 radical (unpaired) electrons. The van der Waals surface area contributed by atoms with Gasteiger partial charge >= 0.3 is 0 Å². The molecule has 0 saturated heterocycles. The summed E-state index contributed by atoms with van der Waals surface area (Å²) in [6, 6.07) is 5.91. The lowest BCUT2D eigenvalue weighted by atomic mass is 10.0. The van der Waals surface area contributed by atoms with Crippen LogP contribution in [0.2, 0.25) is 0 Å². The number of nitrogens with one attached hydrogen (secondary N) is 2. The molecule has 2 unspecified atom stereocenters. The Hall–Kier alpha value is -1.88. The molecule has 1 heterocycles. The maximum atomic E-state index is 13.0. The Kier molecular flexibility index (Phi) is 9.66. The number of rotatable bonds is 8. The number of ether oxygens (including phenoxy) is 1. The molecule has 0 fully saturated rings. The summed E-state index contributed by atoms with van der Waals surface area (Å²) in [6.07, 6.45) is 3.25. The van der Waals surface area contributed by atoms with Crippen molar-refractivity contribution in [2.45, 2.75) is 32.5 Å². The fourth-order valence-electron chi connectivity index (χ4n) is 2.39. The van der Waals surface area contributed by atoms with Crippen molar-refractivity contribution in [2.24, 2.45) is 12.0 Å². The van der Waals surface area contributed by atoms with Gasteiger partial charge in [-0.25, -0.2) is 9.38 Å². The fourth-order valence-corrected chi connectivity index (χ4v) is 2.39. The molecule has 2 atom stereocenters. The summed E-state index contributed by atoms with van der Waals surface area (Å²) in [5.41, 5.74) is -0.412. The molecule has 1 aromatic heterocycles. The van der Waals surface area contributed by atoms with Gasteiger partial charge < -0.3 is 20.5 Å². The highest BCUT2D eigenvalue weighted by Crippen LogP contribution is 2.19. The first-order chi connectivity index (χ1) is 12.8. The minimum absolute atomic E-state index is 0. The van der Waals surface area contributed by atoms with Gasteiger partial charge in [0.05, 0.1) is 19.3 Å². The Balaban J connectivity index is 0.00000392. The lowest BCUT2D eigenvalue weighted by molar-refractivity contribution is 0.0671. The van der Waals surface area contributed by atoms with Crippen LogP contribution in [0, 0.1) is 5.82 Å². The Bertz CT molecular complexity index is 749. The van der Waals surface area contributed by atoms with Gasteiger partial charge in [-0.3, -0.25) is 4.68 Å². The van der Waals surface area contributed by atoms with Crippen molar-refractivity contribution in [1.29, 1.82) is 0 Å². The van der Waals surface area contributed by atoms with E-state index in [9.17, 15) is 9.50 Å². The van der Waals surface area contributed by atoms with Crippen molar-refractivity contribution >= 4 is 29.9 Å². The number of aromatic nitrogens is 2. The van der Waals surface area contributed by atoms with Gasteiger partial charge in [-0.1, -0.05) is 0 Å². The summed E-state index contributed by atoms with van der Waals surface area (Å²) in [5.74, 6) is 0.888. The van der Waals surface area contributed by atoms with Gasteiger partial charge in [0.1, 0.15) is 23.3 Å². The van der Waals surface area contributed by atoms with E-state index in [4.69, 9.17) is 4.74 Å². The Morgan fingerprint density at radius 3 is 2.61 bits per heavy atom. The molecule has 0 aliphatic carbocycles. The van der Waals surface area contributed by atoms with E-state index in [2.05, 4.69) is 20.7 Å². The third-order valence-electron chi connectivity index (χ3n) is 3.92. The van der Waals surface area contributed by atoms with Crippen LogP contribution in [0.1, 0.15) is 26.3 Å². The van der Waals surface area contributed by atoms with E-state index in [1.54, 1.807) is 43.2 Å². The van der Waals surface area contributed by atoms with Crippen molar-refractivity contribution in [3.8, 4) is 5.75 Å². The molecule has 2 rings (SSSR count). The standard InChI is InChI=1S/C19H28FN5O2.HI/c1-5-21-18(23-13-19(3,26)15-11-24-25(4)12-15)22-10-14(2)27-17-8-6-16(20)7-9-17;/h6-9,11-12,14,26H,5,10,13H2,1-4H3,(H2,21,22,23);1H. The van der Waals surface area contributed by atoms with Crippen LogP contribution in [0.25, 0.3) is 0 Å². The summed E-state index contributed by atoms with van der Waals surface area (Å²) >= 11 is 0. The average molecular weight is 505 g/mol. The molecular weight excluding hydrogens is 476 g/mol. The second kappa shape index (κ2) is 11.2. The second-order valence-electron chi connectivity index (χ2n) is 6.63. The topological polar surface area (TPSA) is 83.7 Å². The van der Waals surface area contributed by atoms with Gasteiger partial charge in [0, 0.05) is 25.4 Å². The van der Waals surface area contributed by atoms with E-state index in [0.29, 0.717) is 30.4 Å². The lowest BCUT2D eigenvalue weighted by Crippen LogP contribution is -2.42. The predicted molar refractivity (Wildman–Crippen MR) is 119 cm³/mol. The smallest absolute Gasteiger partial charge is 0.191 e. The number of aliphatic hydroxyl groups is 1. The van der Waals surface area contributed by atoms with Gasteiger partial charge in [-0.2, -0.15) is 5.10 Å². The molecule has 0 spiro atoms. The molecule has 7 nitrogen and oxygen atoms in total. The van der Waals surface area contributed by atoms with Crippen LogP contribution in [0.4, 0.5) is 4.39 Å². The van der Waals surface area contributed by atoms with Crippen LogP contribution in [0.5, 0.6) is 5.75 Å². The third-order valence-corrected chi connectivity index (χ3v) is 3.92. The monoisotopic (exact) mass is 505 g/mol. The maximum absolute atomic E-state index is 13.0. The van der Waals surface area contributed by atoms with E-state index in [0.717, 1.165) is 0 Å². The highest BCUT2D eigenvalue weighted by atomic mass is 127. The summed E-state index contributed by atoms with van der Waals surface area (Å²) in [7, 11) is 1.80. The van der Waals surface area contributed by atoms with E-state index >= 15 is 0 Å². The summed E-state index contributed by atoms with van der Waals surface area (Å²) < 4.78 is 20.3. The van der Waals surface area contributed by atoms with Gasteiger partial charge in [0.15, 0.2) is 5.96 Å². The number of nitrogens with zero attached hydrogens (tertiary/aromatic N) is 3. The van der Waals surface area contributed by atoms with E-state index < -0.39 is 5.60 Å². The van der Waals surface area contributed by atoms with Crippen LogP contribution in [0.3, 0.4) is 0 Å². The normalized spacial score (nSPS) is 14.6. The number of halogens is 2. The predicted octanol–water partition coefficient (Wildman–Crippen LogP) is 2.41. The summed E-state index contributed by atoms with van der Waals surface area (Å²) in [4.78, 5) is 4.46. The maximum Gasteiger partial charge on any atom is 0.191 e. The number of aryl methyl sites for hydroxylation is 1. The average Bonchev–Trinajstić information content (AvgIpc) is 3.07. The molecule has 0 aliphatic heterocycles. The zero-order valence-corrected chi connectivity index (χ0v) is 19.0. The molecule has 3 N–H and O–H groups in total. The highest BCUT2D eigenvalue weighted by molar-refractivity contribution is 14.0. The van der Waals surface area contributed by atoms with E-state index in [-0.39, 0.29) is 42.4 Å². The van der Waals surface area contributed by atoms with Gasteiger partial charge in [-0.15, -0.1) is 24.0 Å². The molecule has 28 heavy (non-hydrogen) atoms. The number of guanidine groups is 1. The van der Waals surface area contributed by atoms with Crippen molar-refractivity contribution in [3.05, 3.63) is 48.0 Å². The molecule has 0 aliphatic rings. The van der Waals surface area contributed by atoms with E-state index in [1.807, 2.05) is 13.8 Å². The zero-order chi connectivity index (χ0) is 19.9. The minimum atomic E-state index is -1.12. The van der Waals surface area contributed by atoms with Crippen LogP contribution in [-0.4, -0.2) is 46.6 Å². The summed E-state index contributed by atoms with van der Waals surface area (Å²) in [5, 5.41) is 21.1. The Labute approximate surface area is 182 Å². The number of benzene rings is 1. The summed E-state index contributed by atoms with van der Waals surface area (Å²) in [6.45, 7) is 6.95. The largest absolute Gasteiger partial charge is 0.489 e. The van der Waals surface area contributed by atoms with Crippen molar-refractivity contribution in [3.63, 3.8) is 0 Å². The molecule has 1 aromatic carbocycles. The molecule has 9 heteroatoms. The zero-order valence-electron chi connectivity index (χ0n) is 16.6. The molecule has 0 bridgehead atoms. The minimum Gasteiger partial charge on any atom is -0.489 e. The van der Waals surface area contributed by atoms with Gasteiger partial charge in [-0.05, 0) is 45.0 Å². The van der Waals surface area contributed by atoms with Crippen LogP contribution in [0.15, 0.2) is 41.7 Å². The lowest BCUT2D eigenvalue weighted by Gasteiger charge is -2.21. The first-order valence-electron chi connectivity index (χ1n) is 8.96. The Morgan fingerprint density at radius 2 is 2.04 bits per heavy atom. The SMILES string of the molecule is CCNC(=NCC(C)(O)c1cnn(C)c1)NCC(C)Oc1ccc(F)cc1.I. The molecular formula is C19H29FIN5O2. The van der Waals surface area contributed by atoms with Crippen LogP contribution >= 0.6 is 24.0 Å². The van der Waals surface area contributed by atoms with E-state index in [1.165, 1.54) is 12.1 Å². The van der Waals surface area contributed by atoms with Gasteiger partial charge in [0.2, 0.25) is 0 Å². The first-order valence-corrected chi connectivity index (χ1v) is 8.96. The number of hydrogen-bond acceptors (Lipinski definition) is 4. The molecule has 156 valence electrons. The van der Waals surface area contributed by atoms with Crippen LogP contribution in [-0.2, 0) is 12.6 Å². The van der Waals surface area contributed by atoms with Crippen molar-refractivity contribution in [1.82, 2.24) is 20.4 Å². The van der Waals surface area contributed by atoms with Crippen molar-refractivity contribution < 1.29 is 14.2 Å². The number of hydrogen-bond donors (Lipinski definition) is 3. The Morgan fingerprint density at radius 1 is 1.36 bits per heavy atom. The third kappa shape index (κ3) is 7.63. The van der Waals surface area contributed by atoms with Crippen molar-refractivity contribution in [2.75, 3.05) is 19.6 Å². The highest BCUT2D eigenvalue weighted by Gasteiger charge is 2.24. The molecule has 2 aromatic rings. The molecule has 0 saturated carbocycles. The quantitative estimate of drug-likeness (QED) is 0.292.